The second-order valence-electron chi connectivity index (χ2n) is 6.29. The van der Waals surface area contributed by atoms with Gasteiger partial charge in [0.1, 0.15) is 12.4 Å². The van der Waals surface area contributed by atoms with Crippen molar-refractivity contribution < 1.29 is 4.39 Å². The number of halogens is 2. The smallest absolute Gasteiger partial charge is 0.333 e. The van der Waals surface area contributed by atoms with Crippen molar-refractivity contribution in [2.24, 2.45) is 0 Å². The van der Waals surface area contributed by atoms with Crippen LogP contribution in [0.2, 0.25) is 5.02 Å². The molecule has 4 rings (SSSR count). The van der Waals surface area contributed by atoms with Crippen LogP contribution >= 0.6 is 23.8 Å². The zero-order valence-corrected chi connectivity index (χ0v) is 16.5. The van der Waals surface area contributed by atoms with Gasteiger partial charge in [-0.2, -0.15) is 14.9 Å². The van der Waals surface area contributed by atoms with Crippen LogP contribution in [0.3, 0.4) is 0 Å². The molecular weight excluding hydrogens is 417 g/mol. The number of nitrogens with one attached hydrogen (secondary N) is 1. The number of hydrogen-bond acceptors (Lipinski definition) is 5. The van der Waals surface area contributed by atoms with Gasteiger partial charge in [-0.15, -0.1) is 0 Å². The zero-order chi connectivity index (χ0) is 20.5. The van der Waals surface area contributed by atoms with Gasteiger partial charge in [0.05, 0.1) is 5.69 Å². The van der Waals surface area contributed by atoms with Gasteiger partial charge in [0.25, 0.3) is 0 Å². The van der Waals surface area contributed by atoms with E-state index in [2.05, 4.69) is 15.3 Å². The van der Waals surface area contributed by atoms with Gasteiger partial charge in [0, 0.05) is 11.4 Å². The molecule has 2 heterocycles. The molecule has 0 saturated heterocycles. The third-order valence-corrected chi connectivity index (χ3v) is 4.84. The first-order chi connectivity index (χ1) is 13.9. The summed E-state index contributed by atoms with van der Waals surface area (Å²) >= 11 is 11.1. The predicted molar refractivity (Wildman–Crippen MR) is 109 cm³/mol. The summed E-state index contributed by atoms with van der Waals surface area (Å²) < 4.78 is 17.6. The standard InChI is InChI=1S/C18H15ClFN7OS/c19-12-6-4-11(5-7-12)8-15-24-25(18(28)27(15)21)10-16-22-23-17(29)26(16)14-3-1-2-13(20)9-14/h1-7,9H,8,10,21H2,(H,23,29). The second-order valence-corrected chi connectivity index (χ2v) is 7.11. The molecular formula is C18H15ClFN7OS. The van der Waals surface area contributed by atoms with Gasteiger partial charge in [-0.3, -0.25) is 9.67 Å². The Balaban J connectivity index is 1.67. The highest BCUT2D eigenvalue weighted by atomic mass is 35.5. The van der Waals surface area contributed by atoms with Crippen LogP contribution in [0.15, 0.2) is 53.3 Å². The van der Waals surface area contributed by atoms with Crippen molar-refractivity contribution in [3.05, 3.63) is 91.8 Å². The highest BCUT2D eigenvalue weighted by Gasteiger charge is 2.16. The summed E-state index contributed by atoms with van der Waals surface area (Å²) in [5, 5.41) is 11.7. The summed E-state index contributed by atoms with van der Waals surface area (Å²) in [5.74, 6) is 6.25. The van der Waals surface area contributed by atoms with Crippen molar-refractivity contribution in [3.8, 4) is 5.69 Å². The van der Waals surface area contributed by atoms with Gasteiger partial charge in [-0.1, -0.05) is 29.8 Å². The highest BCUT2D eigenvalue weighted by molar-refractivity contribution is 7.71. The number of aromatic amines is 1. The van der Waals surface area contributed by atoms with E-state index in [1.54, 1.807) is 28.8 Å². The Kier molecular flexibility index (Phi) is 5.03. The molecule has 0 aliphatic carbocycles. The minimum Gasteiger partial charge on any atom is -0.333 e. The Morgan fingerprint density at radius 3 is 2.66 bits per heavy atom. The molecule has 2 aromatic heterocycles. The normalized spacial score (nSPS) is 11.1. The first kappa shape index (κ1) is 19.1. The molecule has 148 valence electrons. The van der Waals surface area contributed by atoms with E-state index in [-0.39, 0.29) is 11.3 Å². The van der Waals surface area contributed by atoms with Gasteiger partial charge >= 0.3 is 5.69 Å². The Labute approximate surface area is 173 Å². The fraction of sp³-hybridized carbons (Fsp3) is 0.111. The third kappa shape index (κ3) is 3.84. The molecule has 0 bridgehead atoms. The lowest BCUT2D eigenvalue weighted by Gasteiger charge is -2.06. The maximum absolute atomic E-state index is 13.6. The molecule has 4 aromatic rings. The third-order valence-electron chi connectivity index (χ3n) is 4.32. The van der Waals surface area contributed by atoms with E-state index in [0.717, 1.165) is 10.2 Å². The highest BCUT2D eigenvalue weighted by Crippen LogP contribution is 2.14. The van der Waals surface area contributed by atoms with Gasteiger partial charge < -0.3 is 5.84 Å². The van der Waals surface area contributed by atoms with E-state index >= 15 is 0 Å². The van der Waals surface area contributed by atoms with Crippen LogP contribution in [0, 0.1) is 10.6 Å². The van der Waals surface area contributed by atoms with Crippen molar-refractivity contribution in [3.63, 3.8) is 0 Å². The second kappa shape index (κ2) is 7.64. The molecule has 0 radical (unpaired) electrons. The minimum absolute atomic E-state index is 0.000302. The lowest BCUT2D eigenvalue weighted by Crippen LogP contribution is -2.31. The predicted octanol–water partition coefficient (Wildman–Crippen LogP) is 2.43. The number of hydrogen-bond donors (Lipinski definition) is 2. The summed E-state index contributed by atoms with van der Waals surface area (Å²) in [4.78, 5) is 12.5. The molecule has 0 aliphatic heterocycles. The minimum atomic E-state index is -0.506. The van der Waals surface area contributed by atoms with Gasteiger partial charge in [0.2, 0.25) is 0 Å². The average molecular weight is 432 g/mol. The number of nitrogens with zero attached hydrogens (tertiary/aromatic N) is 5. The van der Waals surface area contributed by atoms with E-state index in [0.29, 0.717) is 28.8 Å². The van der Waals surface area contributed by atoms with Gasteiger partial charge in [0.15, 0.2) is 16.4 Å². The van der Waals surface area contributed by atoms with Crippen molar-refractivity contribution in [2.45, 2.75) is 13.0 Å². The topological polar surface area (TPSA) is 99.4 Å². The number of aromatic nitrogens is 6. The lowest BCUT2D eigenvalue weighted by atomic mass is 10.1. The molecule has 0 unspecified atom stereocenters. The van der Waals surface area contributed by atoms with Gasteiger partial charge in [-0.25, -0.2) is 13.9 Å². The molecule has 0 atom stereocenters. The number of nitrogens with two attached hydrogens (primary N) is 1. The fourth-order valence-electron chi connectivity index (χ4n) is 2.92. The van der Waals surface area contributed by atoms with E-state index in [4.69, 9.17) is 29.7 Å². The average Bonchev–Trinajstić information content (AvgIpc) is 3.18. The molecule has 0 aliphatic rings. The molecule has 29 heavy (non-hydrogen) atoms. The van der Waals surface area contributed by atoms with Crippen molar-refractivity contribution in [1.82, 2.24) is 29.2 Å². The van der Waals surface area contributed by atoms with Crippen molar-refractivity contribution >= 4 is 23.8 Å². The van der Waals surface area contributed by atoms with E-state index < -0.39 is 11.5 Å². The monoisotopic (exact) mass is 431 g/mol. The molecule has 0 fully saturated rings. The Morgan fingerprint density at radius 2 is 1.93 bits per heavy atom. The molecule has 2 aromatic carbocycles. The molecule has 0 amide bonds. The summed E-state index contributed by atoms with van der Waals surface area (Å²) in [6.45, 7) is 0.000302. The molecule has 8 nitrogen and oxygen atoms in total. The molecule has 11 heteroatoms. The maximum atomic E-state index is 13.6. The molecule has 0 saturated carbocycles. The quantitative estimate of drug-likeness (QED) is 0.373. The first-order valence-corrected chi connectivity index (χ1v) is 9.31. The Morgan fingerprint density at radius 1 is 1.17 bits per heavy atom. The summed E-state index contributed by atoms with van der Waals surface area (Å²) in [6, 6.07) is 13.1. The number of rotatable bonds is 5. The SMILES string of the molecule is Nn1c(Cc2ccc(Cl)cc2)nn(Cc2n[nH]c(=S)n2-c2cccc(F)c2)c1=O. The number of H-pyrrole nitrogens is 1. The van der Waals surface area contributed by atoms with Crippen molar-refractivity contribution in [1.29, 1.82) is 0 Å². The molecule has 3 N–H and O–H groups in total. The van der Waals surface area contributed by atoms with E-state index in [1.165, 1.54) is 16.8 Å². The summed E-state index contributed by atoms with van der Waals surface area (Å²) in [7, 11) is 0. The van der Waals surface area contributed by atoms with Crippen LogP contribution in [0.1, 0.15) is 17.2 Å². The Hall–Kier alpha value is -3.24. The molecule has 0 spiro atoms. The van der Waals surface area contributed by atoms with Crippen molar-refractivity contribution in [2.75, 3.05) is 5.84 Å². The number of nitrogen functional groups attached to an aromatic ring is 1. The zero-order valence-electron chi connectivity index (χ0n) is 14.9. The fourth-order valence-corrected chi connectivity index (χ4v) is 3.31. The van der Waals surface area contributed by atoms with Crippen LogP contribution in [-0.4, -0.2) is 29.2 Å². The van der Waals surface area contributed by atoms with Crippen LogP contribution in [0.25, 0.3) is 5.69 Å². The van der Waals surface area contributed by atoms with Crippen LogP contribution in [-0.2, 0) is 13.0 Å². The van der Waals surface area contributed by atoms with Crippen LogP contribution < -0.4 is 11.5 Å². The van der Waals surface area contributed by atoms with Crippen LogP contribution in [0.5, 0.6) is 0 Å². The lowest BCUT2D eigenvalue weighted by molar-refractivity contribution is 0.609. The first-order valence-electron chi connectivity index (χ1n) is 8.53. The maximum Gasteiger partial charge on any atom is 0.365 e. The van der Waals surface area contributed by atoms with E-state index in [9.17, 15) is 9.18 Å². The number of benzene rings is 2. The Bertz CT molecular complexity index is 1290. The largest absolute Gasteiger partial charge is 0.365 e. The van der Waals surface area contributed by atoms with Gasteiger partial charge in [-0.05, 0) is 48.1 Å². The van der Waals surface area contributed by atoms with E-state index in [1.807, 2.05) is 12.1 Å². The summed E-state index contributed by atoms with van der Waals surface area (Å²) in [6.07, 6.45) is 0.354. The van der Waals surface area contributed by atoms with Crippen LogP contribution in [0.4, 0.5) is 4.39 Å². The summed E-state index contributed by atoms with van der Waals surface area (Å²) in [5.41, 5.74) is 0.884.